The van der Waals surface area contributed by atoms with Crippen LogP contribution in [0.2, 0.25) is 10.0 Å². The number of aromatic nitrogens is 4. The summed E-state index contributed by atoms with van der Waals surface area (Å²) in [5, 5.41) is 14.8. The van der Waals surface area contributed by atoms with Gasteiger partial charge in [-0.3, -0.25) is 4.79 Å². The van der Waals surface area contributed by atoms with Crippen LogP contribution in [0.3, 0.4) is 0 Å². The maximum Gasteiger partial charge on any atom is 0.248 e. The third-order valence-corrected chi connectivity index (χ3v) is 3.70. The van der Waals surface area contributed by atoms with E-state index in [0.717, 1.165) is 5.69 Å². The summed E-state index contributed by atoms with van der Waals surface area (Å²) in [4.78, 5) is 12.0. The molecule has 0 atom stereocenters. The van der Waals surface area contributed by atoms with Crippen LogP contribution in [0.5, 0.6) is 0 Å². The fraction of sp³-hybridized carbons (Fsp3) is 0. The van der Waals surface area contributed by atoms with Gasteiger partial charge in [-0.05, 0) is 64.5 Å². The number of tetrazole rings is 1. The van der Waals surface area contributed by atoms with Crippen molar-refractivity contribution in [2.24, 2.45) is 0 Å². The lowest BCUT2D eigenvalue weighted by Gasteiger charge is -2.04. The number of amides is 1. The number of benzene rings is 2. The van der Waals surface area contributed by atoms with Gasteiger partial charge in [-0.15, -0.1) is 5.10 Å². The molecule has 8 heteroatoms. The Morgan fingerprint density at radius 2 is 1.92 bits per heavy atom. The van der Waals surface area contributed by atoms with E-state index in [9.17, 15) is 4.79 Å². The second kappa shape index (κ2) is 7.25. The minimum Gasteiger partial charge on any atom is -0.323 e. The Kier molecular flexibility index (Phi) is 4.88. The van der Waals surface area contributed by atoms with Crippen molar-refractivity contribution in [1.82, 2.24) is 20.2 Å². The van der Waals surface area contributed by atoms with Gasteiger partial charge in [0.1, 0.15) is 6.33 Å². The van der Waals surface area contributed by atoms with Gasteiger partial charge in [0.2, 0.25) is 5.91 Å². The van der Waals surface area contributed by atoms with Gasteiger partial charge in [-0.2, -0.15) is 0 Å². The molecular formula is C16H11Cl2N5O. The Morgan fingerprint density at radius 1 is 1.12 bits per heavy atom. The lowest BCUT2D eigenvalue weighted by molar-refractivity contribution is -0.111. The molecular weight excluding hydrogens is 349 g/mol. The van der Waals surface area contributed by atoms with Crippen molar-refractivity contribution >= 4 is 40.9 Å². The van der Waals surface area contributed by atoms with E-state index in [1.165, 1.54) is 17.1 Å². The molecule has 0 unspecified atom stereocenters. The fourth-order valence-electron chi connectivity index (χ4n) is 1.97. The molecule has 0 aliphatic rings. The molecule has 3 aromatic rings. The molecule has 0 bridgehead atoms. The zero-order valence-electron chi connectivity index (χ0n) is 12.2. The first kappa shape index (κ1) is 16.2. The van der Waals surface area contributed by atoms with Crippen molar-refractivity contribution in [1.29, 1.82) is 0 Å². The van der Waals surface area contributed by atoms with Gasteiger partial charge in [0.25, 0.3) is 0 Å². The highest BCUT2D eigenvalue weighted by molar-refractivity contribution is 6.34. The van der Waals surface area contributed by atoms with Crippen LogP contribution in [0.4, 0.5) is 5.69 Å². The van der Waals surface area contributed by atoms with Crippen LogP contribution in [0.1, 0.15) is 5.56 Å². The molecule has 1 amide bonds. The monoisotopic (exact) mass is 359 g/mol. The average Bonchev–Trinajstić information content (AvgIpc) is 3.11. The summed E-state index contributed by atoms with van der Waals surface area (Å²) in [6.07, 6.45) is 4.50. The van der Waals surface area contributed by atoms with Crippen molar-refractivity contribution in [3.05, 3.63) is 70.5 Å². The van der Waals surface area contributed by atoms with E-state index in [2.05, 4.69) is 20.8 Å². The summed E-state index contributed by atoms with van der Waals surface area (Å²) in [5.74, 6) is -0.277. The van der Waals surface area contributed by atoms with E-state index in [0.29, 0.717) is 21.3 Å². The van der Waals surface area contributed by atoms with Gasteiger partial charge in [-0.1, -0.05) is 23.2 Å². The first-order valence-corrected chi connectivity index (χ1v) is 7.65. The Bertz CT molecular complexity index is 876. The van der Waals surface area contributed by atoms with Gasteiger partial charge in [0.05, 0.1) is 5.69 Å². The second-order valence-corrected chi connectivity index (χ2v) is 5.63. The van der Waals surface area contributed by atoms with Crippen molar-refractivity contribution in [2.45, 2.75) is 0 Å². The molecule has 0 fully saturated rings. The zero-order valence-corrected chi connectivity index (χ0v) is 13.7. The van der Waals surface area contributed by atoms with E-state index in [-0.39, 0.29) is 5.91 Å². The molecule has 0 aliphatic carbocycles. The highest BCUT2D eigenvalue weighted by Crippen LogP contribution is 2.21. The zero-order chi connectivity index (χ0) is 16.9. The van der Waals surface area contributed by atoms with E-state index in [4.69, 9.17) is 23.2 Å². The number of anilines is 1. The first-order chi connectivity index (χ1) is 11.6. The summed E-state index contributed by atoms with van der Waals surface area (Å²) in [6.45, 7) is 0. The summed E-state index contributed by atoms with van der Waals surface area (Å²) in [7, 11) is 0. The predicted octanol–water partition coefficient (Wildman–Crippen LogP) is 3.62. The van der Waals surface area contributed by atoms with Gasteiger partial charge in [0, 0.05) is 21.8 Å². The maximum absolute atomic E-state index is 12.0. The standard InChI is InChI=1S/C16H11Cl2N5O/c17-12-2-7-15(18)11(9-12)1-8-16(24)20-13-3-5-14(6-4-13)23-10-19-21-22-23/h1-10H,(H,20,24)/b8-1+. The molecule has 0 spiro atoms. The SMILES string of the molecule is O=C(/C=C/c1cc(Cl)ccc1Cl)Nc1ccc(-n2cnnn2)cc1. The van der Waals surface area contributed by atoms with E-state index in [1.807, 2.05) is 0 Å². The number of rotatable bonds is 4. The van der Waals surface area contributed by atoms with Crippen LogP contribution >= 0.6 is 23.2 Å². The topological polar surface area (TPSA) is 72.7 Å². The molecule has 0 radical (unpaired) electrons. The molecule has 24 heavy (non-hydrogen) atoms. The van der Waals surface area contributed by atoms with Crippen molar-refractivity contribution in [2.75, 3.05) is 5.32 Å². The third-order valence-electron chi connectivity index (χ3n) is 3.12. The normalized spacial score (nSPS) is 10.9. The first-order valence-electron chi connectivity index (χ1n) is 6.89. The summed E-state index contributed by atoms with van der Waals surface area (Å²) in [5.41, 5.74) is 2.12. The quantitative estimate of drug-likeness (QED) is 0.722. The Labute approximate surface area is 147 Å². The Hall–Kier alpha value is -2.70. The summed E-state index contributed by atoms with van der Waals surface area (Å²) < 4.78 is 1.52. The number of hydrogen-bond acceptors (Lipinski definition) is 4. The van der Waals surface area contributed by atoms with E-state index >= 15 is 0 Å². The molecule has 120 valence electrons. The van der Waals surface area contributed by atoms with Crippen molar-refractivity contribution in [3.8, 4) is 5.69 Å². The highest BCUT2D eigenvalue weighted by atomic mass is 35.5. The second-order valence-electron chi connectivity index (χ2n) is 4.79. The number of carbonyl (C=O) groups excluding carboxylic acids is 1. The molecule has 1 aromatic heterocycles. The van der Waals surface area contributed by atoms with Gasteiger partial charge < -0.3 is 5.32 Å². The average molecular weight is 360 g/mol. The fourth-order valence-corrected chi connectivity index (χ4v) is 2.33. The van der Waals surface area contributed by atoms with Gasteiger partial charge in [-0.25, -0.2) is 4.68 Å². The molecule has 6 nitrogen and oxygen atoms in total. The molecule has 2 aromatic carbocycles. The molecule has 0 aliphatic heterocycles. The maximum atomic E-state index is 12.0. The third kappa shape index (κ3) is 3.98. The number of halogens is 2. The van der Waals surface area contributed by atoms with Crippen molar-refractivity contribution in [3.63, 3.8) is 0 Å². The lowest BCUT2D eigenvalue weighted by atomic mass is 10.2. The lowest BCUT2D eigenvalue weighted by Crippen LogP contribution is -2.07. The van der Waals surface area contributed by atoms with Crippen LogP contribution in [0.15, 0.2) is 54.9 Å². The van der Waals surface area contributed by atoms with Crippen LogP contribution in [0, 0.1) is 0 Å². The number of nitrogens with one attached hydrogen (secondary N) is 1. The van der Waals surface area contributed by atoms with E-state index in [1.54, 1.807) is 48.5 Å². The smallest absolute Gasteiger partial charge is 0.248 e. The Balaban J connectivity index is 1.66. The minimum atomic E-state index is -0.277. The number of hydrogen-bond donors (Lipinski definition) is 1. The van der Waals surface area contributed by atoms with Gasteiger partial charge in [0.15, 0.2) is 0 Å². The number of nitrogens with zero attached hydrogens (tertiary/aromatic N) is 4. The molecule has 3 rings (SSSR count). The van der Waals surface area contributed by atoms with Crippen LogP contribution in [-0.2, 0) is 4.79 Å². The van der Waals surface area contributed by atoms with Crippen LogP contribution in [0.25, 0.3) is 11.8 Å². The van der Waals surface area contributed by atoms with Crippen molar-refractivity contribution < 1.29 is 4.79 Å². The largest absolute Gasteiger partial charge is 0.323 e. The minimum absolute atomic E-state index is 0.277. The van der Waals surface area contributed by atoms with E-state index < -0.39 is 0 Å². The highest BCUT2D eigenvalue weighted by Gasteiger charge is 2.02. The molecule has 1 N–H and O–H groups in total. The molecule has 1 heterocycles. The molecule has 0 saturated heterocycles. The number of carbonyl (C=O) groups is 1. The molecule has 0 saturated carbocycles. The summed E-state index contributed by atoms with van der Waals surface area (Å²) in [6, 6.07) is 12.2. The summed E-state index contributed by atoms with van der Waals surface area (Å²) >= 11 is 12.0. The predicted molar refractivity (Wildman–Crippen MR) is 93.3 cm³/mol. The van der Waals surface area contributed by atoms with Crippen LogP contribution < -0.4 is 5.32 Å². The Morgan fingerprint density at radius 3 is 2.62 bits per heavy atom. The van der Waals surface area contributed by atoms with Crippen LogP contribution in [-0.4, -0.2) is 26.1 Å². The van der Waals surface area contributed by atoms with Gasteiger partial charge >= 0.3 is 0 Å².